The van der Waals surface area contributed by atoms with Crippen molar-refractivity contribution in [3.63, 3.8) is 0 Å². The zero-order chi connectivity index (χ0) is 16.9. The van der Waals surface area contributed by atoms with Crippen molar-refractivity contribution in [3.05, 3.63) is 29.3 Å². The highest BCUT2D eigenvalue weighted by Crippen LogP contribution is 2.21. The highest BCUT2D eigenvalue weighted by atomic mass is 35.5. The van der Waals surface area contributed by atoms with E-state index in [1.807, 2.05) is 0 Å². The van der Waals surface area contributed by atoms with Gasteiger partial charge in [-0.3, -0.25) is 4.79 Å². The Labute approximate surface area is 157 Å². The molecule has 2 bridgehead atoms. The molecule has 1 aromatic rings. The molecule has 0 radical (unpaired) electrons. The summed E-state index contributed by atoms with van der Waals surface area (Å²) in [5.41, 5.74) is 2.39. The molecular weight excluding hydrogens is 336 g/mol. The number of ether oxygens (including phenoxy) is 1. The Bertz CT molecular complexity index is 579. The lowest BCUT2D eigenvalue weighted by atomic mass is 10.1. The van der Waals surface area contributed by atoms with Gasteiger partial charge in [0, 0.05) is 31.6 Å². The number of fused-ring (bicyclic) bond motifs is 2. The normalized spacial score (nSPS) is 22.2. The average Bonchev–Trinajstić information content (AvgIpc) is 2.89. The van der Waals surface area contributed by atoms with Crippen LogP contribution in [0.25, 0.3) is 0 Å². The molecule has 1 N–H and O–H groups in total. The van der Waals surface area contributed by atoms with Gasteiger partial charge in [0.2, 0.25) is 5.91 Å². The van der Waals surface area contributed by atoms with Gasteiger partial charge in [0.15, 0.2) is 0 Å². The van der Waals surface area contributed by atoms with Crippen LogP contribution < -0.4 is 10.1 Å². The maximum Gasteiger partial charge on any atom is 0.222 e. The fourth-order valence-electron chi connectivity index (χ4n) is 3.75. The van der Waals surface area contributed by atoms with Gasteiger partial charge in [-0.2, -0.15) is 0 Å². The first kappa shape index (κ1) is 20.1. The van der Waals surface area contributed by atoms with Crippen LogP contribution in [0.4, 0.5) is 0 Å². The van der Waals surface area contributed by atoms with Crippen molar-refractivity contribution in [3.8, 4) is 5.75 Å². The summed E-state index contributed by atoms with van der Waals surface area (Å²) in [6.07, 6.45) is 6.09. The highest BCUT2D eigenvalue weighted by molar-refractivity contribution is 5.85. The summed E-state index contributed by atoms with van der Waals surface area (Å²) in [5.74, 6) is 1.28. The fraction of sp³-hybridized carbons (Fsp3) is 0.650. The molecule has 0 spiro atoms. The second-order valence-corrected chi connectivity index (χ2v) is 7.34. The van der Waals surface area contributed by atoms with E-state index in [0.717, 1.165) is 38.1 Å². The minimum atomic E-state index is 0. The number of hydrogen-bond acceptors (Lipinski definition) is 3. The third-order valence-electron chi connectivity index (χ3n) is 5.26. The first-order valence-corrected chi connectivity index (χ1v) is 9.35. The quantitative estimate of drug-likeness (QED) is 0.782. The molecular formula is C20H31ClN2O2. The van der Waals surface area contributed by atoms with Crippen LogP contribution in [0.2, 0.25) is 0 Å². The molecule has 5 heteroatoms. The number of amides is 1. The van der Waals surface area contributed by atoms with E-state index >= 15 is 0 Å². The Morgan fingerprint density at radius 1 is 1.20 bits per heavy atom. The zero-order valence-corrected chi connectivity index (χ0v) is 16.2. The summed E-state index contributed by atoms with van der Waals surface area (Å²) >= 11 is 0. The maximum atomic E-state index is 12.4. The third-order valence-corrected chi connectivity index (χ3v) is 5.26. The Kier molecular flexibility index (Phi) is 7.57. The molecule has 2 aliphatic rings. The second-order valence-electron chi connectivity index (χ2n) is 7.34. The number of carbonyl (C=O) groups excluding carboxylic acids is 1. The average molecular weight is 367 g/mol. The molecule has 0 saturated carbocycles. The monoisotopic (exact) mass is 366 g/mol. The van der Waals surface area contributed by atoms with Crippen molar-refractivity contribution in [2.45, 2.75) is 64.5 Å². The largest absolute Gasteiger partial charge is 0.493 e. The Morgan fingerprint density at radius 3 is 2.84 bits per heavy atom. The van der Waals surface area contributed by atoms with Crippen LogP contribution in [0.5, 0.6) is 5.75 Å². The van der Waals surface area contributed by atoms with Crippen LogP contribution in [-0.2, 0) is 4.79 Å². The molecule has 0 aliphatic carbocycles. The maximum absolute atomic E-state index is 12.4. The zero-order valence-electron chi connectivity index (χ0n) is 15.4. The van der Waals surface area contributed by atoms with Gasteiger partial charge in [0.05, 0.1) is 6.61 Å². The summed E-state index contributed by atoms with van der Waals surface area (Å²) in [4.78, 5) is 14.5. The molecule has 4 nitrogen and oxygen atoms in total. The van der Waals surface area contributed by atoms with E-state index in [1.165, 1.54) is 24.0 Å². The van der Waals surface area contributed by atoms with E-state index < -0.39 is 0 Å². The molecule has 25 heavy (non-hydrogen) atoms. The topological polar surface area (TPSA) is 41.6 Å². The molecule has 2 heterocycles. The van der Waals surface area contributed by atoms with E-state index in [1.54, 1.807) is 0 Å². The number of benzene rings is 1. The number of likely N-dealkylation sites (tertiary alicyclic amines) is 1. The van der Waals surface area contributed by atoms with Crippen LogP contribution in [0, 0.1) is 13.8 Å². The fourth-order valence-corrected chi connectivity index (χ4v) is 3.75. The first-order chi connectivity index (χ1) is 11.6. The summed E-state index contributed by atoms with van der Waals surface area (Å²) in [6, 6.07) is 7.44. The van der Waals surface area contributed by atoms with Crippen molar-refractivity contribution in [2.75, 3.05) is 19.7 Å². The number of carbonyl (C=O) groups is 1. The van der Waals surface area contributed by atoms with Gasteiger partial charge in [0.25, 0.3) is 0 Å². The van der Waals surface area contributed by atoms with E-state index in [4.69, 9.17) is 4.74 Å². The van der Waals surface area contributed by atoms with Gasteiger partial charge >= 0.3 is 0 Å². The van der Waals surface area contributed by atoms with Crippen molar-refractivity contribution in [1.29, 1.82) is 0 Å². The van der Waals surface area contributed by atoms with E-state index in [9.17, 15) is 4.79 Å². The summed E-state index contributed by atoms with van der Waals surface area (Å²) in [7, 11) is 0. The predicted octanol–water partition coefficient (Wildman–Crippen LogP) is 3.63. The van der Waals surface area contributed by atoms with Gasteiger partial charge in [0.1, 0.15) is 5.75 Å². The van der Waals surface area contributed by atoms with E-state index in [-0.39, 0.29) is 12.4 Å². The van der Waals surface area contributed by atoms with Crippen LogP contribution in [0.3, 0.4) is 0 Å². The molecule has 0 aromatic heterocycles. The number of nitrogens with zero attached hydrogens (tertiary/aromatic N) is 1. The Balaban J connectivity index is 0.00000225. The third kappa shape index (κ3) is 5.61. The predicted molar refractivity (Wildman–Crippen MR) is 104 cm³/mol. The van der Waals surface area contributed by atoms with Crippen LogP contribution in [0.1, 0.15) is 49.7 Å². The first-order valence-electron chi connectivity index (χ1n) is 9.35. The minimum absolute atomic E-state index is 0. The van der Waals surface area contributed by atoms with Crippen LogP contribution >= 0.6 is 12.4 Å². The van der Waals surface area contributed by atoms with Gasteiger partial charge in [-0.05, 0) is 63.1 Å². The molecule has 140 valence electrons. The van der Waals surface area contributed by atoms with Crippen molar-refractivity contribution < 1.29 is 9.53 Å². The van der Waals surface area contributed by atoms with Crippen molar-refractivity contribution in [1.82, 2.24) is 10.2 Å². The number of nitrogens with one attached hydrogen (secondary N) is 1. The van der Waals surface area contributed by atoms with Gasteiger partial charge in [-0.15, -0.1) is 12.4 Å². The molecule has 2 fully saturated rings. The van der Waals surface area contributed by atoms with Gasteiger partial charge < -0.3 is 15.0 Å². The summed E-state index contributed by atoms with van der Waals surface area (Å²) < 4.78 is 5.87. The van der Waals surface area contributed by atoms with Crippen molar-refractivity contribution >= 4 is 18.3 Å². The van der Waals surface area contributed by atoms with E-state index in [0.29, 0.717) is 31.0 Å². The number of halogens is 1. The minimum Gasteiger partial charge on any atom is -0.493 e. The molecule has 3 rings (SSSR count). The lowest BCUT2D eigenvalue weighted by molar-refractivity contribution is -0.131. The molecule has 2 saturated heterocycles. The highest BCUT2D eigenvalue weighted by Gasteiger charge is 2.30. The SMILES string of the molecule is Cc1ccc(C)c(OCCCCC(=O)N2CCC3CCC(C2)N3)c1.Cl. The molecule has 2 unspecified atom stereocenters. The van der Waals surface area contributed by atoms with Crippen molar-refractivity contribution in [2.24, 2.45) is 0 Å². The summed E-state index contributed by atoms with van der Waals surface area (Å²) in [5, 5.41) is 3.63. The smallest absolute Gasteiger partial charge is 0.222 e. The Morgan fingerprint density at radius 2 is 2.00 bits per heavy atom. The Hall–Kier alpha value is -1.26. The lowest BCUT2D eigenvalue weighted by Crippen LogP contribution is -2.38. The standard InChI is InChI=1S/C20H30N2O2.ClH/c1-15-6-7-16(2)19(13-15)24-12-4-3-5-20(23)22-11-10-17-8-9-18(14-22)21-17;/h6-7,13,17-18,21H,3-5,8-12,14H2,1-2H3;1H. The number of unbranched alkanes of at least 4 members (excludes halogenated alkanes) is 1. The summed E-state index contributed by atoms with van der Waals surface area (Å²) in [6.45, 7) is 6.65. The van der Waals surface area contributed by atoms with E-state index in [2.05, 4.69) is 42.3 Å². The van der Waals surface area contributed by atoms with Crippen LogP contribution in [-0.4, -0.2) is 42.6 Å². The number of aryl methyl sites for hydroxylation is 2. The molecule has 1 amide bonds. The van der Waals surface area contributed by atoms with Crippen LogP contribution in [0.15, 0.2) is 18.2 Å². The number of hydrogen-bond donors (Lipinski definition) is 1. The lowest BCUT2D eigenvalue weighted by Gasteiger charge is -2.24. The van der Waals surface area contributed by atoms with Gasteiger partial charge in [-0.25, -0.2) is 0 Å². The van der Waals surface area contributed by atoms with Gasteiger partial charge in [-0.1, -0.05) is 12.1 Å². The molecule has 2 atom stereocenters. The second kappa shape index (κ2) is 9.44. The molecule has 2 aliphatic heterocycles. The number of rotatable bonds is 6. The molecule has 1 aromatic carbocycles.